The highest BCUT2D eigenvalue weighted by molar-refractivity contribution is 5.82. The van der Waals surface area contributed by atoms with Gasteiger partial charge in [0.05, 0.1) is 13.2 Å². The number of nitrogens with one attached hydrogen (secondary N) is 1. The predicted octanol–water partition coefficient (Wildman–Crippen LogP) is 5.21. The summed E-state index contributed by atoms with van der Waals surface area (Å²) in [5.41, 5.74) is 3.70. The number of benzene rings is 1. The first kappa shape index (κ1) is 28.4. The van der Waals surface area contributed by atoms with Crippen LogP contribution in [0.5, 0.6) is 0 Å². The lowest BCUT2D eigenvalue weighted by molar-refractivity contribution is -0.157. The maximum atomic E-state index is 12.9. The maximum absolute atomic E-state index is 12.9. The average Bonchev–Trinajstić information content (AvgIpc) is 3.20. The number of carbonyl (C=O) groups is 3. The molecule has 1 aliphatic heterocycles. The molecule has 0 aromatic rings. The van der Waals surface area contributed by atoms with E-state index in [1.807, 2.05) is 6.92 Å². The summed E-state index contributed by atoms with van der Waals surface area (Å²) in [4.78, 5) is 38.8. The Hall–Kier alpha value is -3.21. The van der Waals surface area contributed by atoms with Crippen LogP contribution >= 0.6 is 0 Å². The molecule has 8 nitrogen and oxygen atoms in total. The van der Waals surface area contributed by atoms with Gasteiger partial charge in [-0.05, 0) is 76.5 Å². The number of nitrogens with zero attached hydrogens (tertiary/aromatic N) is 1. The highest BCUT2D eigenvalue weighted by Crippen LogP contribution is 2.41. The Morgan fingerprint density at radius 2 is 1.97 bits per heavy atom. The Morgan fingerprint density at radius 3 is 2.43 bits per heavy atom. The Balaban J connectivity index is 0.000000458. The molecule has 2 unspecified atom stereocenters. The van der Waals surface area contributed by atoms with Crippen LogP contribution in [0.4, 0.5) is 9.59 Å². The molecule has 4 rings (SSSR count). The van der Waals surface area contributed by atoms with Crippen LogP contribution in [0.2, 0.25) is 0 Å². The average molecular weight is 513 g/mol. The second-order valence-electron chi connectivity index (χ2n) is 11.0. The molecule has 4 aliphatic rings. The minimum absolute atomic E-state index is 0.0494. The SMILES string of the molecule is C#CC1C[C@H]2[C@@H](OC(=O)C(CCC)NC(=O)OC(C)(C)C)CCC[C@H]2N1C(=O)OC.Cc1cc2ccc1-2. The number of carbonyl (C=O) groups excluding carboxylic acids is 3. The summed E-state index contributed by atoms with van der Waals surface area (Å²) < 4.78 is 16.0. The molecule has 0 spiro atoms. The van der Waals surface area contributed by atoms with Crippen molar-refractivity contribution >= 4 is 18.2 Å². The Kier molecular flexibility index (Phi) is 9.12. The quantitative estimate of drug-likeness (QED) is 0.336. The normalized spacial score (nSPS) is 23.9. The molecule has 1 N–H and O–H groups in total. The Morgan fingerprint density at radius 1 is 1.24 bits per heavy atom. The van der Waals surface area contributed by atoms with Gasteiger partial charge in [0, 0.05) is 12.0 Å². The van der Waals surface area contributed by atoms with Crippen molar-refractivity contribution < 1.29 is 28.6 Å². The number of alkyl carbamates (subject to hydrolysis) is 1. The van der Waals surface area contributed by atoms with Crippen molar-refractivity contribution in [3.05, 3.63) is 23.8 Å². The van der Waals surface area contributed by atoms with Crippen LogP contribution in [0.15, 0.2) is 18.2 Å². The summed E-state index contributed by atoms with van der Waals surface area (Å²) in [6.07, 6.45) is 8.18. The standard InChI is InChI=1S/C22H34N2O6.C7H6/c1-7-10-16(23-20(26)30-22(3,4)5)19(25)29-18-12-9-11-17-15(18)13-14(8-2)24(17)21(27)28-6;1-5-4-6-2-3-7(5)6/h2,14-18H,7,9-13H2,1,3-6H3,(H,23,26);2-4H,1H3/t14?,15-,16?,17-,18+;/m1./s1. The molecule has 1 saturated carbocycles. The van der Waals surface area contributed by atoms with Crippen LogP contribution in [-0.2, 0) is 19.0 Å². The van der Waals surface area contributed by atoms with E-state index >= 15 is 0 Å². The van der Waals surface area contributed by atoms with Crippen LogP contribution in [0, 0.1) is 25.2 Å². The van der Waals surface area contributed by atoms with Gasteiger partial charge in [0.15, 0.2) is 0 Å². The van der Waals surface area contributed by atoms with Crippen molar-refractivity contribution in [1.82, 2.24) is 10.2 Å². The minimum Gasteiger partial charge on any atom is -0.460 e. The number of hydrogen-bond donors (Lipinski definition) is 1. The van der Waals surface area contributed by atoms with Gasteiger partial charge < -0.3 is 19.5 Å². The fraction of sp³-hybridized carbons (Fsp3) is 0.621. The van der Waals surface area contributed by atoms with Crippen molar-refractivity contribution in [2.45, 2.75) is 103 Å². The van der Waals surface area contributed by atoms with E-state index in [-0.39, 0.29) is 24.1 Å². The summed E-state index contributed by atoms with van der Waals surface area (Å²) in [5.74, 6) is 2.13. The van der Waals surface area contributed by atoms with E-state index in [0.29, 0.717) is 25.7 Å². The third-order valence-electron chi connectivity index (χ3n) is 7.08. The summed E-state index contributed by atoms with van der Waals surface area (Å²) >= 11 is 0. The van der Waals surface area contributed by atoms with E-state index in [0.717, 1.165) is 12.8 Å². The maximum Gasteiger partial charge on any atom is 0.410 e. The van der Waals surface area contributed by atoms with Gasteiger partial charge in [-0.25, -0.2) is 14.4 Å². The first-order chi connectivity index (χ1) is 17.5. The number of aryl methyl sites for hydroxylation is 1. The van der Waals surface area contributed by atoms with Crippen molar-refractivity contribution in [2.75, 3.05) is 7.11 Å². The molecule has 0 bridgehead atoms. The second kappa shape index (κ2) is 11.9. The molecule has 1 heterocycles. The van der Waals surface area contributed by atoms with E-state index in [4.69, 9.17) is 20.6 Å². The van der Waals surface area contributed by atoms with Crippen molar-refractivity contribution in [2.24, 2.45) is 5.92 Å². The number of methoxy groups -OCH3 is 1. The molecule has 37 heavy (non-hydrogen) atoms. The highest BCUT2D eigenvalue weighted by Gasteiger charge is 2.50. The summed E-state index contributed by atoms with van der Waals surface area (Å²) in [6.45, 7) is 9.35. The van der Waals surface area contributed by atoms with Crippen LogP contribution in [0.1, 0.15) is 71.8 Å². The first-order valence-electron chi connectivity index (χ1n) is 13.1. The molecule has 2 amide bonds. The third-order valence-corrected chi connectivity index (χ3v) is 7.08. The summed E-state index contributed by atoms with van der Waals surface area (Å²) in [5, 5.41) is 2.63. The third kappa shape index (κ3) is 6.76. The number of esters is 1. The zero-order valence-corrected chi connectivity index (χ0v) is 22.8. The van der Waals surface area contributed by atoms with Gasteiger partial charge >= 0.3 is 18.2 Å². The number of ether oxygens (including phenoxy) is 3. The molecule has 0 aromatic carbocycles. The van der Waals surface area contributed by atoms with E-state index in [9.17, 15) is 14.4 Å². The van der Waals surface area contributed by atoms with Gasteiger partial charge in [0.2, 0.25) is 0 Å². The molecule has 1 saturated heterocycles. The lowest BCUT2D eigenvalue weighted by Crippen LogP contribution is -2.48. The fourth-order valence-electron chi connectivity index (χ4n) is 5.32. The molecule has 3 aliphatic carbocycles. The van der Waals surface area contributed by atoms with Crippen LogP contribution in [-0.4, -0.2) is 60.0 Å². The molecule has 5 atom stereocenters. The number of hydrogen-bond acceptors (Lipinski definition) is 6. The van der Waals surface area contributed by atoms with Crippen LogP contribution < -0.4 is 5.32 Å². The monoisotopic (exact) mass is 512 g/mol. The van der Waals surface area contributed by atoms with Gasteiger partial charge in [0.25, 0.3) is 0 Å². The molecular weight excluding hydrogens is 472 g/mol. The summed E-state index contributed by atoms with van der Waals surface area (Å²) in [7, 11) is 1.33. The van der Waals surface area contributed by atoms with Gasteiger partial charge in [-0.15, -0.1) is 6.42 Å². The largest absolute Gasteiger partial charge is 0.460 e. The molecule has 202 valence electrons. The number of fused-ring (bicyclic) bond motifs is 2. The summed E-state index contributed by atoms with van der Waals surface area (Å²) in [6, 6.07) is 5.22. The molecule has 8 heteroatoms. The van der Waals surface area contributed by atoms with Gasteiger partial charge in [-0.3, -0.25) is 4.90 Å². The van der Waals surface area contributed by atoms with Crippen molar-refractivity contribution in [3.63, 3.8) is 0 Å². The number of likely N-dealkylation sites (tertiary alicyclic amines) is 1. The van der Waals surface area contributed by atoms with Crippen molar-refractivity contribution in [1.29, 1.82) is 0 Å². The van der Waals surface area contributed by atoms with E-state index in [2.05, 4.69) is 36.4 Å². The van der Waals surface area contributed by atoms with Gasteiger partial charge in [-0.1, -0.05) is 37.5 Å². The topological polar surface area (TPSA) is 94.2 Å². The number of rotatable bonds is 5. The van der Waals surface area contributed by atoms with E-state index in [1.165, 1.54) is 23.8 Å². The number of amides is 2. The molecule has 0 radical (unpaired) electrons. The minimum atomic E-state index is -0.785. The van der Waals surface area contributed by atoms with Gasteiger partial charge in [0.1, 0.15) is 17.7 Å². The highest BCUT2D eigenvalue weighted by atomic mass is 16.6. The predicted molar refractivity (Wildman–Crippen MR) is 141 cm³/mol. The Bertz CT molecular complexity index is 1040. The smallest absolute Gasteiger partial charge is 0.410 e. The molecule has 2 fully saturated rings. The van der Waals surface area contributed by atoms with E-state index < -0.39 is 29.8 Å². The number of terminal acetylenes is 1. The fourth-order valence-corrected chi connectivity index (χ4v) is 5.32. The zero-order chi connectivity index (χ0) is 27.3. The second-order valence-corrected chi connectivity index (χ2v) is 11.0. The van der Waals surface area contributed by atoms with Crippen molar-refractivity contribution in [3.8, 4) is 23.5 Å². The lowest BCUT2D eigenvalue weighted by atomic mass is 9.82. The van der Waals surface area contributed by atoms with Crippen LogP contribution in [0.3, 0.4) is 0 Å². The zero-order valence-electron chi connectivity index (χ0n) is 22.8. The first-order valence-corrected chi connectivity index (χ1v) is 13.1. The molecule has 0 aromatic heterocycles. The molecular formula is C29H40N2O6. The van der Waals surface area contributed by atoms with E-state index in [1.54, 1.807) is 25.7 Å². The van der Waals surface area contributed by atoms with Gasteiger partial charge in [-0.2, -0.15) is 0 Å². The lowest BCUT2D eigenvalue weighted by Gasteiger charge is -2.36. The Labute approximate surface area is 220 Å². The van der Waals surface area contributed by atoms with Crippen LogP contribution in [0.25, 0.3) is 11.1 Å².